The van der Waals surface area contributed by atoms with Crippen LogP contribution in [0.4, 0.5) is 0 Å². The lowest BCUT2D eigenvalue weighted by Gasteiger charge is -2.40. The Morgan fingerprint density at radius 1 is 1.56 bits per heavy atom. The summed E-state index contributed by atoms with van der Waals surface area (Å²) in [4.78, 5) is 24.8. The molecular weight excluding hydrogens is 327 g/mol. The molecule has 3 N–H and O–H groups in total. The van der Waals surface area contributed by atoms with E-state index in [1.807, 2.05) is 22.6 Å². The number of hydrogen-bond acceptors (Lipinski definition) is 4. The summed E-state index contributed by atoms with van der Waals surface area (Å²) in [6, 6.07) is -0.352. The van der Waals surface area contributed by atoms with Gasteiger partial charge >= 0.3 is 5.69 Å². The zero-order valence-corrected chi connectivity index (χ0v) is 10.4. The van der Waals surface area contributed by atoms with Crippen LogP contribution in [0.2, 0.25) is 0 Å². The first kappa shape index (κ1) is 11.8. The molecule has 3 atom stereocenters. The van der Waals surface area contributed by atoms with Crippen molar-refractivity contribution in [1.29, 1.82) is 0 Å². The maximum atomic E-state index is 11.5. The molecule has 1 aliphatic rings. The van der Waals surface area contributed by atoms with Gasteiger partial charge in [-0.2, -0.15) is 0 Å². The number of aliphatic hydroxyl groups excluding tert-OH is 2. The molecule has 88 valence electrons. The van der Waals surface area contributed by atoms with E-state index < -0.39 is 17.4 Å². The van der Waals surface area contributed by atoms with Crippen molar-refractivity contribution in [2.24, 2.45) is 5.92 Å². The number of hydrogen-bond donors (Lipinski definition) is 3. The monoisotopic (exact) mass is 338 g/mol. The van der Waals surface area contributed by atoms with Gasteiger partial charge in [0, 0.05) is 18.7 Å². The second-order valence-corrected chi connectivity index (χ2v) is 5.04. The van der Waals surface area contributed by atoms with E-state index in [2.05, 4.69) is 4.98 Å². The molecule has 0 spiro atoms. The Bertz CT molecular complexity index is 509. The summed E-state index contributed by atoms with van der Waals surface area (Å²) in [6.07, 6.45) is 1.24. The van der Waals surface area contributed by atoms with Crippen LogP contribution in [0.3, 0.4) is 0 Å². The molecule has 7 heteroatoms. The van der Waals surface area contributed by atoms with E-state index in [1.54, 1.807) is 0 Å². The molecule has 16 heavy (non-hydrogen) atoms. The lowest BCUT2D eigenvalue weighted by atomic mass is 9.77. The fraction of sp³-hybridized carbons (Fsp3) is 0.556. The molecule has 1 aromatic heterocycles. The van der Waals surface area contributed by atoms with Gasteiger partial charge < -0.3 is 10.2 Å². The summed E-state index contributed by atoms with van der Waals surface area (Å²) < 4.78 is 1.72. The number of rotatable bonds is 2. The Hall–Kier alpha value is -0.670. The average Bonchev–Trinajstić information content (AvgIpc) is 2.24. The van der Waals surface area contributed by atoms with Crippen molar-refractivity contribution in [3.8, 4) is 0 Å². The number of aromatic amines is 1. The van der Waals surface area contributed by atoms with Crippen molar-refractivity contribution in [2.75, 3.05) is 6.61 Å². The smallest absolute Gasteiger partial charge is 0.328 e. The molecule has 0 aromatic carbocycles. The molecule has 0 radical (unpaired) electrons. The number of H-pyrrole nitrogens is 1. The second-order valence-electron chi connectivity index (χ2n) is 3.88. The molecule has 1 aliphatic carbocycles. The molecular formula is C9H11IN2O4. The zero-order chi connectivity index (χ0) is 11.9. The van der Waals surface area contributed by atoms with Crippen LogP contribution in [0.5, 0.6) is 0 Å². The van der Waals surface area contributed by atoms with Crippen LogP contribution in [0.1, 0.15) is 12.5 Å². The number of nitrogens with zero attached hydrogens (tertiary/aromatic N) is 1. The molecule has 1 heterocycles. The highest BCUT2D eigenvalue weighted by Gasteiger charge is 2.41. The maximum Gasteiger partial charge on any atom is 0.328 e. The quantitative estimate of drug-likeness (QED) is 0.607. The summed E-state index contributed by atoms with van der Waals surface area (Å²) in [5.74, 6) is -0.179. The Kier molecular flexibility index (Phi) is 3.17. The van der Waals surface area contributed by atoms with Crippen LogP contribution >= 0.6 is 22.6 Å². The Labute approximate surface area is 104 Å². The van der Waals surface area contributed by atoms with E-state index in [1.165, 1.54) is 10.8 Å². The number of aliphatic hydroxyl groups is 2. The minimum atomic E-state index is -0.732. The molecule has 1 unspecified atom stereocenters. The highest BCUT2D eigenvalue weighted by Crippen LogP contribution is 2.36. The normalized spacial score (nSPS) is 28.8. The van der Waals surface area contributed by atoms with Crippen LogP contribution < -0.4 is 11.2 Å². The fourth-order valence-corrected chi connectivity index (χ4v) is 2.31. The minimum Gasteiger partial charge on any atom is -0.396 e. The molecule has 1 saturated carbocycles. The number of aromatic nitrogens is 2. The van der Waals surface area contributed by atoms with Gasteiger partial charge in [0.1, 0.15) is 0 Å². The van der Waals surface area contributed by atoms with Gasteiger partial charge in [-0.3, -0.25) is 14.3 Å². The molecule has 2 rings (SSSR count). The highest BCUT2D eigenvalue weighted by molar-refractivity contribution is 14.1. The molecule has 0 aliphatic heterocycles. The SMILES string of the molecule is O=c1[nH]c(=O)n([C@@H]2C[C@H](CO)C2O)cc1I. The average molecular weight is 338 g/mol. The van der Waals surface area contributed by atoms with Gasteiger partial charge in [0.05, 0.1) is 15.7 Å². The molecule has 1 fully saturated rings. The first-order chi connectivity index (χ1) is 7.54. The molecule has 0 amide bonds. The molecule has 1 aromatic rings. The largest absolute Gasteiger partial charge is 0.396 e. The minimum absolute atomic E-state index is 0.0904. The summed E-state index contributed by atoms with van der Waals surface area (Å²) in [5, 5.41) is 18.6. The summed E-state index contributed by atoms with van der Waals surface area (Å²) in [5.41, 5.74) is -0.944. The van der Waals surface area contributed by atoms with Crippen molar-refractivity contribution in [3.63, 3.8) is 0 Å². The fourth-order valence-electron chi connectivity index (χ4n) is 1.88. The van der Waals surface area contributed by atoms with Crippen molar-refractivity contribution < 1.29 is 10.2 Å². The Morgan fingerprint density at radius 2 is 2.25 bits per heavy atom. The molecule has 0 saturated heterocycles. The Morgan fingerprint density at radius 3 is 2.81 bits per heavy atom. The molecule has 0 bridgehead atoms. The van der Waals surface area contributed by atoms with Crippen LogP contribution in [0.25, 0.3) is 0 Å². The van der Waals surface area contributed by atoms with Crippen LogP contribution in [0.15, 0.2) is 15.8 Å². The topological polar surface area (TPSA) is 95.3 Å². The third kappa shape index (κ3) is 1.82. The van der Waals surface area contributed by atoms with Crippen molar-refractivity contribution in [3.05, 3.63) is 30.6 Å². The van der Waals surface area contributed by atoms with Gasteiger partial charge in [-0.15, -0.1) is 0 Å². The van der Waals surface area contributed by atoms with Crippen molar-refractivity contribution >= 4 is 22.6 Å². The van der Waals surface area contributed by atoms with Crippen LogP contribution in [-0.4, -0.2) is 32.5 Å². The van der Waals surface area contributed by atoms with Crippen LogP contribution in [0, 0.1) is 9.49 Å². The van der Waals surface area contributed by atoms with Gasteiger partial charge in [-0.05, 0) is 29.0 Å². The van der Waals surface area contributed by atoms with Gasteiger partial charge in [0.2, 0.25) is 0 Å². The summed E-state index contributed by atoms with van der Waals surface area (Å²) >= 11 is 1.83. The van der Waals surface area contributed by atoms with E-state index in [0.717, 1.165) is 0 Å². The standard InChI is InChI=1S/C9H11IN2O4/c10-5-2-12(9(16)11-8(5)15)6-1-4(3-13)7(6)14/h2,4,6-7,13-14H,1,3H2,(H,11,15,16)/t4-,6-,7?/m1/s1. The Balaban J connectivity index is 2.33. The number of halogens is 1. The first-order valence-electron chi connectivity index (χ1n) is 4.84. The van der Waals surface area contributed by atoms with Gasteiger partial charge in [0.25, 0.3) is 5.56 Å². The predicted octanol–water partition coefficient (Wildman–Crippen LogP) is -0.945. The van der Waals surface area contributed by atoms with E-state index in [9.17, 15) is 14.7 Å². The summed E-state index contributed by atoms with van der Waals surface area (Å²) in [7, 11) is 0. The van der Waals surface area contributed by atoms with Crippen molar-refractivity contribution in [1.82, 2.24) is 9.55 Å². The predicted molar refractivity (Wildman–Crippen MR) is 64.3 cm³/mol. The van der Waals surface area contributed by atoms with E-state index in [-0.39, 0.29) is 18.6 Å². The van der Waals surface area contributed by atoms with Gasteiger partial charge in [-0.25, -0.2) is 4.79 Å². The van der Waals surface area contributed by atoms with Crippen molar-refractivity contribution in [2.45, 2.75) is 18.6 Å². The lowest BCUT2D eigenvalue weighted by molar-refractivity contribution is -0.0580. The van der Waals surface area contributed by atoms with E-state index >= 15 is 0 Å². The van der Waals surface area contributed by atoms with Gasteiger partial charge in [0.15, 0.2) is 0 Å². The van der Waals surface area contributed by atoms with Crippen LogP contribution in [-0.2, 0) is 0 Å². The van der Waals surface area contributed by atoms with E-state index in [0.29, 0.717) is 9.99 Å². The van der Waals surface area contributed by atoms with Gasteiger partial charge in [-0.1, -0.05) is 0 Å². The summed E-state index contributed by atoms with van der Waals surface area (Å²) in [6.45, 7) is -0.0904. The zero-order valence-electron chi connectivity index (χ0n) is 8.26. The highest BCUT2D eigenvalue weighted by atomic mass is 127. The first-order valence-corrected chi connectivity index (χ1v) is 5.92. The third-order valence-corrected chi connectivity index (χ3v) is 3.71. The number of nitrogens with one attached hydrogen (secondary N) is 1. The van der Waals surface area contributed by atoms with E-state index in [4.69, 9.17) is 5.11 Å². The molecule has 6 nitrogen and oxygen atoms in total. The second kappa shape index (κ2) is 4.30. The lowest BCUT2D eigenvalue weighted by Crippen LogP contribution is -2.49. The third-order valence-electron chi connectivity index (χ3n) is 2.94. The maximum absolute atomic E-state index is 11.5.